The highest BCUT2D eigenvalue weighted by Crippen LogP contribution is 2.44. The van der Waals surface area contributed by atoms with E-state index in [-0.39, 0.29) is 17.9 Å². The zero-order valence-electron chi connectivity index (χ0n) is 10.7. The minimum Gasteiger partial charge on any atom is -0.508 e. The Morgan fingerprint density at radius 2 is 1.71 bits per heavy atom. The summed E-state index contributed by atoms with van der Waals surface area (Å²) in [4.78, 5) is 13.1. The van der Waals surface area contributed by atoms with Gasteiger partial charge in [0.1, 0.15) is 5.75 Å². The first-order valence-corrected chi connectivity index (χ1v) is 6.19. The highest BCUT2D eigenvalue weighted by Gasteiger charge is 2.40. The van der Waals surface area contributed by atoms with Crippen LogP contribution in [0.3, 0.4) is 0 Å². The van der Waals surface area contributed by atoms with Gasteiger partial charge in [0.2, 0.25) is 5.91 Å². The second-order valence-corrected chi connectivity index (χ2v) is 4.73. The van der Waals surface area contributed by atoms with E-state index in [1.54, 1.807) is 0 Å². The Morgan fingerprint density at radius 1 is 1.05 bits per heavy atom. The van der Waals surface area contributed by atoms with Crippen LogP contribution in [0.5, 0.6) is 5.75 Å². The summed E-state index contributed by atoms with van der Waals surface area (Å²) < 4.78 is 39.4. The van der Waals surface area contributed by atoms with Gasteiger partial charge < -0.3 is 5.11 Å². The van der Waals surface area contributed by atoms with Gasteiger partial charge in [0, 0.05) is 5.69 Å². The van der Waals surface area contributed by atoms with E-state index in [0.29, 0.717) is 11.3 Å². The van der Waals surface area contributed by atoms with Gasteiger partial charge in [0.15, 0.2) is 0 Å². The molecule has 0 radical (unpaired) electrons. The van der Waals surface area contributed by atoms with Crippen molar-refractivity contribution < 1.29 is 23.1 Å². The average Bonchev–Trinajstić information content (AvgIpc) is 2.74. The molecule has 1 heterocycles. The zero-order chi connectivity index (χ0) is 15.2. The molecule has 0 saturated heterocycles. The largest absolute Gasteiger partial charge is 0.508 e. The molecule has 0 fully saturated rings. The van der Waals surface area contributed by atoms with Crippen molar-refractivity contribution in [3.63, 3.8) is 0 Å². The van der Waals surface area contributed by atoms with Crippen LogP contribution in [-0.4, -0.2) is 11.0 Å². The molecule has 21 heavy (non-hydrogen) atoms. The van der Waals surface area contributed by atoms with E-state index in [0.717, 1.165) is 11.0 Å². The van der Waals surface area contributed by atoms with Gasteiger partial charge in [-0.1, -0.05) is 12.1 Å². The molecule has 1 aliphatic heterocycles. The van der Waals surface area contributed by atoms with Gasteiger partial charge in [0.05, 0.1) is 17.7 Å². The number of rotatable bonds is 1. The normalized spacial score (nSPS) is 14.4. The molecule has 2 aromatic carbocycles. The van der Waals surface area contributed by atoms with Gasteiger partial charge in [-0.15, -0.1) is 0 Å². The third-order valence-electron chi connectivity index (χ3n) is 3.35. The zero-order valence-corrected chi connectivity index (χ0v) is 10.7. The Hall–Kier alpha value is -2.50. The fourth-order valence-corrected chi connectivity index (χ4v) is 2.47. The second kappa shape index (κ2) is 4.51. The molecular weight excluding hydrogens is 283 g/mol. The monoisotopic (exact) mass is 293 g/mol. The van der Waals surface area contributed by atoms with Crippen LogP contribution >= 0.6 is 0 Å². The summed E-state index contributed by atoms with van der Waals surface area (Å²) in [7, 11) is 0. The molecule has 0 saturated carbocycles. The molecule has 2 aromatic rings. The molecule has 0 aromatic heterocycles. The lowest BCUT2D eigenvalue weighted by molar-refractivity contribution is -0.137. The van der Waals surface area contributed by atoms with Crippen molar-refractivity contribution in [1.82, 2.24) is 0 Å². The number of phenols is 1. The summed E-state index contributed by atoms with van der Waals surface area (Å²) in [6, 6.07) is 9.27. The number of carbonyl (C=O) groups excluding carboxylic acids is 1. The van der Waals surface area contributed by atoms with Crippen LogP contribution in [0, 0.1) is 0 Å². The van der Waals surface area contributed by atoms with Crippen molar-refractivity contribution in [2.45, 2.75) is 12.6 Å². The Morgan fingerprint density at radius 3 is 2.33 bits per heavy atom. The number of anilines is 2. The number of nitrogens with zero attached hydrogens (tertiary/aromatic N) is 1. The van der Waals surface area contributed by atoms with E-state index in [2.05, 4.69) is 0 Å². The first-order chi connectivity index (χ1) is 9.88. The highest BCUT2D eigenvalue weighted by atomic mass is 19.4. The number of alkyl halides is 3. The molecular formula is C15H10F3NO2. The lowest BCUT2D eigenvalue weighted by Crippen LogP contribution is -2.23. The molecule has 3 rings (SSSR count). The molecule has 1 N–H and O–H groups in total. The minimum absolute atomic E-state index is 0.0188. The number of aromatic hydroxyl groups is 1. The molecule has 3 nitrogen and oxygen atoms in total. The average molecular weight is 293 g/mol. The first-order valence-electron chi connectivity index (χ1n) is 6.19. The maximum absolute atomic E-state index is 13.1. The Balaban J connectivity index is 2.19. The minimum atomic E-state index is -4.54. The van der Waals surface area contributed by atoms with Crippen molar-refractivity contribution in [2.75, 3.05) is 4.90 Å². The lowest BCUT2D eigenvalue weighted by Gasteiger charge is -2.21. The number of amides is 1. The van der Waals surface area contributed by atoms with E-state index >= 15 is 0 Å². The predicted octanol–water partition coefficient (Wildman–Crippen LogP) is 3.63. The van der Waals surface area contributed by atoms with Crippen LogP contribution in [0.1, 0.15) is 11.1 Å². The fourth-order valence-electron chi connectivity index (χ4n) is 2.47. The maximum Gasteiger partial charge on any atom is 0.418 e. The number of hydrogen-bond acceptors (Lipinski definition) is 2. The standard InChI is InChI=1S/C15H10F3NO2/c16-15(17,18)12-3-1-2-9-8-13(21)19(14(9)12)10-4-6-11(20)7-5-10/h1-7,20H,8H2. The van der Waals surface area contributed by atoms with Crippen molar-refractivity contribution >= 4 is 17.3 Å². The summed E-state index contributed by atoms with van der Waals surface area (Å²) >= 11 is 0. The van der Waals surface area contributed by atoms with Gasteiger partial charge >= 0.3 is 6.18 Å². The number of benzene rings is 2. The highest BCUT2D eigenvalue weighted by molar-refractivity contribution is 6.08. The van der Waals surface area contributed by atoms with Crippen molar-refractivity contribution in [3.8, 4) is 5.75 Å². The van der Waals surface area contributed by atoms with Gasteiger partial charge in [-0.05, 0) is 35.9 Å². The summed E-state index contributed by atoms with van der Waals surface area (Å²) in [5.74, 6) is -0.442. The SMILES string of the molecule is O=C1Cc2cccc(C(F)(F)F)c2N1c1ccc(O)cc1. The quantitative estimate of drug-likeness (QED) is 0.872. The lowest BCUT2D eigenvalue weighted by atomic mass is 10.1. The van der Waals surface area contributed by atoms with Gasteiger partial charge in [-0.25, -0.2) is 0 Å². The van der Waals surface area contributed by atoms with Crippen LogP contribution in [0.15, 0.2) is 42.5 Å². The van der Waals surface area contributed by atoms with Gasteiger partial charge in [-0.2, -0.15) is 13.2 Å². The molecule has 0 unspecified atom stereocenters. The van der Waals surface area contributed by atoms with Gasteiger partial charge in [0.25, 0.3) is 0 Å². The third-order valence-corrected chi connectivity index (χ3v) is 3.35. The van der Waals surface area contributed by atoms with Gasteiger partial charge in [-0.3, -0.25) is 9.69 Å². The number of phenolic OH excluding ortho intramolecular Hbond substituents is 1. The smallest absolute Gasteiger partial charge is 0.418 e. The van der Waals surface area contributed by atoms with E-state index in [4.69, 9.17) is 0 Å². The number of halogens is 3. The summed E-state index contributed by atoms with van der Waals surface area (Å²) in [5, 5.41) is 9.26. The van der Waals surface area contributed by atoms with Crippen molar-refractivity contribution in [1.29, 1.82) is 0 Å². The summed E-state index contributed by atoms with van der Waals surface area (Å²) in [5.41, 5.74) is -0.309. The maximum atomic E-state index is 13.1. The fraction of sp³-hybridized carbons (Fsp3) is 0.133. The molecule has 0 atom stereocenters. The second-order valence-electron chi connectivity index (χ2n) is 4.73. The molecule has 0 spiro atoms. The number of fused-ring (bicyclic) bond motifs is 1. The summed E-state index contributed by atoms with van der Waals surface area (Å²) in [6.45, 7) is 0. The molecule has 0 aliphatic carbocycles. The number of para-hydroxylation sites is 1. The molecule has 1 amide bonds. The Kier molecular flexibility index (Phi) is 2.90. The Bertz CT molecular complexity index is 708. The number of carbonyl (C=O) groups is 1. The van der Waals surface area contributed by atoms with E-state index in [9.17, 15) is 23.1 Å². The molecule has 0 bridgehead atoms. The van der Waals surface area contributed by atoms with Crippen LogP contribution < -0.4 is 4.90 Å². The van der Waals surface area contributed by atoms with Crippen molar-refractivity contribution in [3.05, 3.63) is 53.6 Å². The molecule has 1 aliphatic rings. The molecule has 6 heteroatoms. The first kappa shape index (κ1) is 13.5. The van der Waals surface area contributed by atoms with Crippen LogP contribution in [0.4, 0.5) is 24.5 Å². The van der Waals surface area contributed by atoms with E-state index < -0.39 is 17.6 Å². The van der Waals surface area contributed by atoms with Crippen LogP contribution in [-0.2, 0) is 17.4 Å². The van der Waals surface area contributed by atoms with E-state index in [1.165, 1.54) is 36.4 Å². The number of hydrogen-bond donors (Lipinski definition) is 1. The van der Waals surface area contributed by atoms with Crippen LogP contribution in [0.2, 0.25) is 0 Å². The topological polar surface area (TPSA) is 40.5 Å². The third kappa shape index (κ3) is 2.22. The molecule has 108 valence electrons. The van der Waals surface area contributed by atoms with Crippen LogP contribution in [0.25, 0.3) is 0 Å². The van der Waals surface area contributed by atoms with E-state index in [1.807, 2.05) is 0 Å². The predicted molar refractivity (Wildman–Crippen MR) is 70.4 cm³/mol. The Labute approximate surface area is 118 Å². The van der Waals surface area contributed by atoms with Crippen molar-refractivity contribution in [2.24, 2.45) is 0 Å². The summed E-state index contributed by atoms with van der Waals surface area (Å²) in [6.07, 6.45) is -4.61.